The average Bonchev–Trinajstić information content (AvgIpc) is 2.65. The van der Waals surface area contributed by atoms with Gasteiger partial charge in [-0.05, 0) is 5.56 Å². The molecule has 1 fully saturated rings. The van der Waals surface area contributed by atoms with Gasteiger partial charge in [-0.3, -0.25) is 4.79 Å². The number of benzene rings is 1. The molecule has 1 aliphatic rings. The molecule has 1 aromatic carbocycles. The Bertz CT molecular complexity index is 321. The summed E-state index contributed by atoms with van der Waals surface area (Å²) in [5, 5.41) is 9.91. The molecular weight excluding hydrogens is 180 g/mol. The lowest BCUT2D eigenvalue weighted by molar-refractivity contribution is -0.137. The molecule has 0 amide bonds. The van der Waals surface area contributed by atoms with Gasteiger partial charge < -0.3 is 9.84 Å². The molecule has 3 nitrogen and oxygen atoms in total. The Balaban J connectivity index is 2.09. The van der Waals surface area contributed by atoms with E-state index >= 15 is 0 Å². The highest BCUT2D eigenvalue weighted by Gasteiger charge is 2.30. The van der Waals surface area contributed by atoms with Crippen LogP contribution in [0.25, 0.3) is 0 Å². The smallest absolute Gasteiger partial charge is 0.306 e. The summed E-state index contributed by atoms with van der Waals surface area (Å²) in [6.45, 7) is 0.328. The van der Waals surface area contributed by atoms with E-state index in [-0.39, 0.29) is 11.9 Å². The quantitative estimate of drug-likeness (QED) is 0.718. The zero-order valence-electron chi connectivity index (χ0n) is 7.72. The highest BCUT2D eigenvalue weighted by Crippen LogP contribution is 2.28. The first-order valence-electron chi connectivity index (χ1n) is 4.66. The Morgan fingerprint density at radius 2 is 2.07 bits per heavy atom. The van der Waals surface area contributed by atoms with Crippen molar-refractivity contribution in [3.05, 3.63) is 35.9 Å². The van der Waals surface area contributed by atoms with Crippen LogP contribution in [0.1, 0.15) is 18.1 Å². The van der Waals surface area contributed by atoms with Gasteiger partial charge in [0.05, 0.1) is 19.1 Å². The van der Waals surface area contributed by atoms with Crippen molar-refractivity contribution in [2.75, 3.05) is 6.61 Å². The van der Waals surface area contributed by atoms with Crippen LogP contribution in [0.3, 0.4) is 0 Å². The van der Waals surface area contributed by atoms with E-state index in [0.29, 0.717) is 13.0 Å². The van der Waals surface area contributed by atoms with E-state index in [1.807, 2.05) is 30.3 Å². The van der Waals surface area contributed by atoms with Crippen molar-refractivity contribution < 1.29 is 14.6 Å². The maximum absolute atomic E-state index is 10.9. The van der Waals surface area contributed by atoms with Crippen LogP contribution in [-0.4, -0.2) is 17.7 Å². The van der Waals surface area contributed by atoms with Crippen molar-refractivity contribution >= 4 is 5.97 Å². The maximum atomic E-state index is 10.9. The van der Waals surface area contributed by atoms with Crippen LogP contribution >= 0.6 is 0 Å². The summed E-state index contributed by atoms with van der Waals surface area (Å²) in [7, 11) is 0. The summed E-state index contributed by atoms with van der Waals surface area (Å²) in [4.78, 5) is 10.9. The van der Waals surface area contributed by atoms with E-state index in [2.05, 4.69) is 0 Å². The Hall–Kier alpha value is -1.35. The predicted molar refractivity (Wildman–Crippen MR) is 50.5 cm³/mol. The van der Waals surface area contributed by atoms with Gasteiger partial charge >= 0.3 is 5.97 Å². The van der Waals surface area contributed by atoms with E-state index in [0.717, 1.165) is 5.56 Å². The molecule has 2 rings (SSSR count). The van der Waals surface area contributed by atoms with E-state index < -0.39 is 6.10 Å². The number of hydrogen-bond acceptors (Lipinski definition) is 3. The van der Waals surface area contributed by atoms with Crippen molar-refractivity contribution in [1.82, 2.24) is 0 Å². The molecule has 0 spiro atoms. The third kappa shape index (κ3) is 1.77. The summed E-state index contributed by atoms with van der Waals surface area (Å²) in [5.74, 6) is -0.310. The molecule has 14 heavy (non-hydrogen) atoms. The fourth-order valence-electron chi connectivity index (χ4n) is 1.66. The monoisotopic (exact) mass is 192 g/mol. The van der Waals surface area contributed by atoms with Crippen LogP contribution in [0.15, 0.2) is 30.3 Å². The van der Waals surface area contributed by atoms with Crippen LogP contribution in [-0.2, 0) is 9.53 Å². The lowest BCUT2D eigenvalue weighted by Gasteiger charge is -2.15. The molecule has 0 bridgehead atoms. The second-order valence-electron chi connectivity index (χ2n) is 3.50. The van der Waals surface area contributed by atoms with E-state index in [4.69, 9.17) is 4.74 Å². The molecule has 3 heteroatoms. The summed E-state index contributed by atoms with van der Waals surface area (Å²) >= 11 is 0. The molecule has 1 saturated heterocycles. The van der Waals surface area contributed by atoms with E-state index in [1.165, 1.54) is 0 Å². The molecule has 1 aromatic rings. The largest absolute Gasteiger partial charge is 0.465 e. The van der Waals surface area contributed by atoms with E-state index in [9.17, 15) is 9.90 Å². The average molecular weight is 192 g/mol. The van der Waals surface area contributed by atoms with Gasteiger partial charge in [0.25, 0.3) is 0 Å². The summed E-state index contributed by atoms with van der Waals surface area (Å²) in [5.41, 5.74) is 0.843. The second-order valence-corrected chi connectivity index (χ2v) is 3.50. The number of ether oxygens (including phenoxy) is 1. The third-order valence-corrected chi connectivity index (χ3v) is 2.47. The van der Waals surface area contributed by atoms with Gasteiger partial charge in [-0.1, -0.05) is 30.3 Å². The number of esters is 1. The Labute approximate surface area is 82.3 Å². The Morgan fingerprint density at radius 3 is 2.64 bits per heavy atom. The zero-order chi connectivity index (χ0) is 9.97. The lowest BCUT2D eigenvalue weighted by atomic mass is 9.95. The number of aliphatic hydroxyl groups excluding tert-OH is 1. The van der Waals surface area contributed by atoms with Gasteiger partial charge in [0.15, 0.2) is 0 Å². The molecule has 0 aliphatic carbocycles. The summed E-state index contributed by atoms with van der Waals surface area (Å²) in [6, 6.07) is 9.35. The van der Waals surface area contributed by atoms with Crippen LogP contribution in [0.2, 0.25) is 0 Å². The number of cyclic esters (lactones) is 1. The number of rotatable bonds is 2. The molecule has 2 atom stereocenters. The first-order valence-corrected chi connectivity index (χ1v) is 4.66. The molecule has 1 aliphatic heterocycles. The predicted octanol–water partition coefficient (Wildman–Crippen LogP) is 1.28. The number of carbonyl (C=O) groups is 1. The lowest BCUT2D eigenvalue weighted by Crippen LogP contribution is -2.12. The van der Waals surface area contributed by atoms with Crippen molar-refractivity contribution in [3.63, 3.8) is 0 Å². The van der Waals surface area contributed by atoms with Crippen LogP contribution in [0.5, 0.6) is 0 Å². The molecular formula is C11H12O3. The molecule has 74 valence electrons. The number of carbonyl (C=O) groups excluding carboxylic acids is 1. The minimum absolute atomic E-state index is 0.0927. The van der Waals surface area contributed by atoms with Crippen molar-refractivity contribution in [1.29, 1.82) is 0 Å². The SMILES string of the molecule is O=C1CC(C(O)c2ccccc2)CO1. The Kier molecular flexibility index (Phi) is 2.50. The second kappa shape index (κ2) is 3.80. The van der Waals surface area contributed by atoms with E-state index in [1.54, 1.807) is 0 Å². The highest BCUT2D eigenvalue weighted by molar-refractivity contribution is 5.71. The van der Waals surface area contributed by atoms with Gasteiger partial charge in [-0.25, -0.2) is 0 Å². The van der Waals surface area contributed by atoms with Crippen molar-refractivity contribution in [2.24, 2.45) is 5.92 Å². The van der Waals surface area contributed by atoms with Crippen molar-refractivity contribution in [3.8, 4) is 0 Å². The fourth-order valence-corrected chi connectivity index (χ4v) is 1.66. The minimum Gasteiger partial charge on any atom is -0.465 e. The fraction of sp³-hybridized carbons (Fsp3) is 0.364. The van der Waals surface area contributed by atoms with Gasteiger partial charge in [0, 0.05) is 5.92 Å². The number of aliphatic hydroxyl groups is 1. The summed E-state index contributed by atoms with van der Waals surface area (Å²) < 4.78 is 4.81. The van der Waals surface area contributed by atoms with Crippen LogP contribution in [0.4, 0.5) is 0 Å². The zero-order valence-corrected chi connectivity index (χ0v) is 7.72. The molecule has 0 aromatic heterocycles. The maximum Gasteiger partial charge on any atom is 0.306 e. The van der Waals surface area contributed by atoms with Gasteiger partial charge in [0.1, 0.15) is 0 Å². The molecule has 1 N–H and O–H groups in total. The highest BCUT2D eigenvalue weighted by atomic mass is 16.5. The first-order chi connectivity index (χ1) is 6.77. The molecule has 0 saturated carbocycles. The van der Waals surface area contributed by atoms with Crippen molar-refractivity contribution in [2.45, 2.75) is 12.5 Å². The molecule has 1 heterocycles. The molecule has 0 radical (unpaired) electrons. The topological polar surface area (TPSA) is 46.5 Å². The standard InChI is InChI=1S/C11H12O3/c12-10-6-9(7-14-10)11(13)8-4-2-1-3-5-8/h1-5,9,11,13H,6-7H2. The van der Waals surface area contributed by atoms with Gasteiger partial charge in [-0.2, -0.15) is 0 Å². The van der Waals surface area contributed by atoms with Gasteiger partial charge in [-0.15, -0.1) is 0 Å². The third-order valence-electron chi connectivity index (χ3n) is 2.47. The summed E-state index contributed by atoms with van der Waals surface area (Å²) in [6.07, 6.45) is -0.279. The number of hydrogen-bond donors (Lipinski definition) is 1. The minimum atomic E-state index is -0.595. The Morgan fingerprint density at radius 1 is 1.36 bits per heavy atom. The molecule has 2 unspecified atom stereocenters. The first kappa shape index (κ1) is 9.21. The van der Waals surface area contributed by atoms with Gasteiger partial charge in [0.2, 0.25) is 0 Å². The van der Waals surface area contributed by atoms with Crippen LogP contribution in [0, 0.1) is 5.92 Å². The normalized spacial score (nSPS) is 23.2. The van der Waals surface area contributed by atoms with Crippen LogP contribution < -0.4 is 0 Å².